The van der Waals surface area contributed by atoms with Gasteiger partial charge in [-0.05, 0) is 161 Å². The third-order valence-electron chi connectivity index (χ3n) is 14.7. The highest BCUT2D eigenvalue weighted by atomic mass is 15.2. The van der Waals surface area contributed by atoms with Crippen LogP contribution in [0.1, 0.15) is 51.7 Å². The summed E-state index contributed by atoms with van der Waals surface area (Å²) in [5.41, 5.74) is 18.7. The maximum atomic E-state index is 2.49. The van der Waals surface area contributed by atoms with Crippen molar-refractivity contribution in [2.45, 2.75) is 46.0 Å². The molecule has 0 saturated heterocycles. The van der Waals surface area contributed by atoms with E-state index < -0.39 is 0 Å². The molecular weight excluding hydrogens is 881 g/mol. The highest BCUT2D eigenvalue weighted by molar-refractivity contribution is 6.28. The monoisotopic (exact) mass is 938 g/mol. The second-order valence-electron chi connectivity index (χ2n) is 20.8. The van der Waals surface area contributed by atoms with E-state index in [2.05, 4.69) is 299 Å². The van der Waals surface area contributed by atoms with Crippen molar-refractivity contribution in [2.24, 2.45) is 0 Å². The first kappa shape index (κ1) is 45.4. The zero-order valence-electron chi connectivity index (χ0n) is 42.2. The molecule has 0 unspecified atom stereocenters. The van der Waals surface area contributed by atoms with E-state index in [0.29, 0.717) is 5.92 Å². The van der Waals surface area contributed by atoms with E-state index in [0.717, 1.165) is 34.1 Å². The summed E-state index contributed by atoms with van der Waals surface area (Å²) >= 11 is 0. The van der Waals surface area contributed by atoms with Crippen LogP contribution in [0.15, 0.2) is 255 Å². The predicted octanol–water partition coefficient (Wildman–Crippen LogP) is 20.6. The zero-order valence-corrected chi connectivity index (χ0v) is 42.2. The predicted molar refractivity (Wildman–Crippen MR) is 314 cm³/mol. The highest BCUT2D eigenvalue weighted by Gasteiger charge is 2.24. The van der Waals surface area contributed by atoms with Crippen molar-refractivity contribution in [3.8, 4) is 44.5 Å². The summed E-state index contributed by atoms with van der Waals surface area (Å²) in [7, 11) is 0. The van der Waals surface area contributed by atoms with Gasteiger partial charge in [0.2, 0.25) is 0 Å². The summed E-state index contributed by atoms with van der Waals surface area (Å²) in [4.78, 5) is 4.97. The van der Waals surface area contributed by atoms with E-state index in [1.807, 2.05) is 0 Å². The Labute approximate surface area is 430 Å². The molecule has 0 saturated carbocycles. The van der Waals surface area contributed by atoms with Gasteiger partial charge in [0.1, 0.15) is 0 Å². The van der Waals surface area contributed by atoms with Crippen LogP contribution in [-0.2, 0) is 5.41 Å². The molecule has 0 aliphatic heterocycles. The van der Waals surface area contributed by atoms with Gasteiger partial charge in [-0.3, -0.25) is 0 Å². The normalized spacial score (nSPS) is 11.8. The lowest BCUT2D eigenvalue weighted by Crippen LogP contribution is -2.14. The van der Waals surface area contributed by atoms with Gasteiger partial charge < -0.3 is 9.80 Å². The SMILES string of the molecule is CC(C)c1ccc(N(c2cc(-c3ccccc3)cc(-c3ccccc3)c2)c2ccc3ccc4c(N(c5ccc(C(C)(C)C)cc5)c5cc(-c6ccccc6)cc(-c6ccccc6)c5)ccc5ccc2c3c54)cc1. The Kier molecular flexibility index (Phi) is 11.7. The minimum atomic E-state index is 0.0120. The molecule has 0 spiro atoms. The van der Waals surface area contributed by atoms with Gasteiger partial charge in [0.05, 0.1) is 11.4 Å². The molecule has 73 heavy (non-hydrogen) atoms. The van der Waals surface area contributed by atoms with Crippen molar-refractivity contribution in [1.29, 1.82) is 0 Å². The molecular formula is C71H58N2. The Morgan fingerprint density at radius 3 is 0.959 bits per heavy atom. The molecule has 0 radical (unpaired) electrons. The maximum absolute atomic E-state index is 2.49. The second-order valence-corrected chi connectivity index (χ2v) is 20.8. The number of nitrogens with zero attached hydrogens (tertiary/aromatic N) is 2. The second kappa shape index (κ2) is 18.8. The molecule has 12 aromatic carbocycles. The molecule has 0 aromatic heterocycles. The Balaban J connectivity index is 1.11. The topological polar surface area (TPSA) is 6.48 Å². The average molecular weight is 939 g/mol. The summed E-state index contributed by atoms with van der Waals surface area (Å²) in [6.07, 6.45) is 0. The third-order valence-corrected chi connectivity index (χ3v) is 14.7. The number of rotatable bonds is 11. The van der Waals surface area contributed by atoms with E-state index in [1.165, 1.54) is 88.0 Å². The first-order valence-corrected chi connectivity index (χ1v) is 25.7. The lowest BCUT2D eigenvalue weighted by Gasteiger charge is -2.30. The van der Waals surface area contributed by atoms with Crippen molar-refractivity contribution >= 4 is 66.4 Å². The van der Waals surface area contributed by atoms with Crippen molar-refractivity contribution in [2.75, 3.05) is 9.80 Å². The molecule has 0 heterocycles. The molecule has 0 bridgehead atoms. The van der Waals surface area contributed by atoms with Gasteiger partial charge in [-0.25, -0.2) is 0 Å². The van der Waals surface area contributed by atoms with Crippen molar-refractivity contribution in [3.63, 3.8) is 0 Å². The molecule has 0 amide bonds. The number of hydrogen-bond donors (Lipinski definition) is 0. The van der Waals surface area contributed by atoms with Gasteiger partial charge in [0.15, 0.2) is 0 Å². The first-order valence-electron chi connectivity index (χ1n) is 25.7. The van der Waals surface area contributed by atoms with Crippen LogP contribution in [0.25, 0.3) is 76.8 Å². The van der Waals surface area contributed by atoms with Crippen LogP contribution in [0.3, 0.4) is 0 Å². The molecule has 0 atom stereocenters. The molecule has 12 rings (SSSR count). The lowest BCUT2D eigenvalue weighted by atomic mass is 9.87. The zero-order chi connectivity index (χ0) is 49.6. The van der Waals surface area contributed by atoms with E-state index >= 15 is 0 Å². The van der Waals surface area contributed by atoms with Crippen LogP contribution in [-0.4, -0.2) is 0 Å². The summed E-state index contributed by atoms with van der Waals surface area (Å²) in [5.74, 6) is 0.416. The summed E-state index contributed by atoms with van der Waals surface area (Å²) < 4.78 is 0. The molecule has 0 aliphatic rings. The van der Waals surface area contributed by atoms with Gasteiger partial charge >= 0.3 is 0 Å². The summed E-state index contributed by atoms with van der Waals surface area (Å²) in [6, 6.07) is 94.4. The molecule has 2 heteroatoms. The number of anilines is 6. The van der Waals surface area contributed by atoms with Gasteiger partial charge in [0.25, 0.3) is 0 Å². The quantitative estimate of drug-likeness (QED) is 0.119. The Hall–Kier alpha value is -8.72. The molecule has 0 fully saturated rings. The van der Waals surface area contributed by atoms with Crippen LogP contribution in [0.2, 0.25) is 0 Å². The largest absolute Gasteiger partial charge is 0.310 e. The fraction of sp³-hybridized carbons (Fsp3) is 0.0986. The minimum absolute atomic E-state index is 0.0120. The standard InChI is InChI=1S/C71H58N2/c1-48(2)49-26-34-61(35-27-49)72(63-44-56(50-18-10-6-11-19-50)42-57(45-63)51-20-12-7-13-21-51)67-40-30-54-29-39-66-68(41-31-55-28-38-65(67)69(54)70(55)66)73(62-36-32-60(33-37-62)71(3,4)5)64-46-58(52-22-14-8-15-23-52)43-59(47-64)53-24-16-9-17-25-53/h6-48H,1-5H3. The van der Waals surface area contributed by atoms with Gasteiger partial charge in [-0.15, -0.1) is 0 Å². The van der Waals surface area contributed by atoms with Crippen LogP contribution >= 0.6 is 0 Å². The van der Waals surface area contributed by atoms with Gasteiger partial charge in [-0.1, -0.05) is 217 Å². The summed E-state index contributed by atoms with van der Waals surface area (Å²) in [6.45, 7) is 11.4. The summed E-state index contributed by atoms with van der Waals surface area (Å²) in [5, 5.41) is 7.34. The van der Waals surface area contributed by atoms with Crippen LogP contribution < -0.4 is 9.80 Å². The Morgan fingerprint density at radius 2 is 0.630 bits per heavy atom. The van der Waals surface area contributed by atoms with E-state index in [-0.39, 0.29) is 5.41 Å². The average Bonchev–Trinajstić information content (AvgIpc) is 3.44. The fourth-order valence-corrected chi connectivity index (χ4v) is 10.8. The van der Waals surface area contributed by atoms with E-state index in [4.69, 9.17) is 0 Å². The number of hydrogen-bond acceptors (Lipinski definition) is 2. The van der Waals surface area contributed by atoms with E-state index in [9.17, 15) is 0 Å². The maximum Gasteiger partial charge on any atom is 0.0540 e. The lowest BCUT2D eigenvalue weighted by molar-refractivity contribution is 0.590. The van der Waals surface area contributed by atoms with Crippen LogP contribution in [0.4, 0.5) is 34.1 Å². The van der Waals surface area contributed by atoms with Crippen molar-refractivity contribution < 1.29 is 0 Å². The van der Waals surface area contributed by atoms with Gasteiger partial charge in [-0.2, -0.15) is 0 Å². The Morgan fingerprint density at radius 1 is 0.301 bits per heavy atom. The molecule has 0 aliphatic carbocycles. The molecule has 12 aromatic rings. The van der Waals surface area contributed by atoms with Gasteiger partial charge in [0, 0.05) is 33.5 Å². The third kappa shape index (κ3) is 8.70. The molecule has 352 valence electrons. The fourth-order valence-electron chi connectivity index (χ4n) is 10.8. The van der Waals surface area contributed by atoms with E-state index in [1.54, 1.807) is 0 Å². The molecule has 2 nitrogen and oxygen atoms in total. The highest BCUT2D eigenvalue weighted by Crippen LogP contribution is 2.49. The van der Waals surface area contributed by atoms with Crippen LogP contribution in [0.5, 0.6) is 0 Å². The van der Waals surface area contributed by atoms with Crippen LogP contribution in [0, 0.1) is 0 Å². The van der Waals surface area contributed by atoms with Crippen molar-refractivity contribution in [1.82, 2.24) is 0 Å². The Bertz CT molecular complexity index is 3760. The number of benzene rings is 12. The first-order chi connectivity index (χ1) is 35.6. The smallest absolute Gasteiger partial charge is 0.0540 e. The van der Waals surface area contributed by atoms with Crippen molar-refractivity contribution in [3.05, 3.63) is 266 Å². The minimum Gasteiger partial charge on any atom is -0.310 e. The molecule has 0 N–H and O–H groups in total.